The van der Waals surface area contributed by atoms with E-state index in [0.717, 1.165) is 22.7 Å². The van der Waals surface area contributed by atoms with Gasteiger partial charge in [0.05, 0.1) is 22.8 Å². The number of rotatable bonds is 9. The van der Waals surface area contributed by atoms with E-state index in [2.05, 4.69) is 35.4 Å². The van der Waals surface area contributed by atoms with E-state index in [4.69, 9.17) is 10.5 Å². The molecule has 0 fully saturated rings. The van der Waals surface area contributed by atoms with Crippen LogP contribution >= 0.6 is 34.4 Å². The highest BCUT2D eigenvalue weighted by molar-refractivity contribution is 7.99. The number of nitrogens with two attached hydrogens (primary N) is 1. The first-order valence-electron chi connectivity index (χ1n) is 10.1. The second-order valence-electron chi connectivity index (χ2n) is 7.44. The van der Waals surface area contributed by atoms with Crippen LogP contribution in [-0.4, -0.2) is 44.9 Å². The number of hydrogen-bond donors (Lipinski definition) is 2. The van der Waals surface area contributed by atoms with E-state index >= 15 is 0 Å². The Morgan fingerprint density at radius 2 is 2.03 bits per heavy atom. The molecule has 0 bridgehead atoms. The minimum Gasteiger partial charge on any atom is -0.462 e. The number of thiophene rings is 2. The van der Waals surface area contributed by atoms with E-state index in [-0.39, 0.29) is 33.7 Å². The Morgan fingerprint density at radius 3 is 2.64 bits per heavy atom. The number of esters is 1. The van der Waals surface area contributed by atoms with E-state index < -0.39 is 11.9 Å². The van der Waals surface area contributed by atoms with Crippen LogP contribution in [0.3, 0.4) is 0 Å². The lowest BCUT2D eigenvalue weighted by molar-refractivity contribution is -0.113. The highest BCUT2D eigenvalue weighted by Gasteiger charge is 2.26. The van der Waals surface area contributed by atoms with Crippen molar-refractivity contribution in [3.63, 3.8) is 0 Å². The highest BCUT2D eigenvalue weighted by Crippen LogP contribution is 2.34. The maximum atomic E-state index is 12.6. The van der Waals surface area contributed by atoms with E-state index in [1.165, 1.54) is 16.6 Å². The van der Waals surface area contributed by atoms with Gasteiger partial charge in [0.1, 0.15) is 5.00 Å². The number of primary amides is 1. The van der Waals surface area contributed by atoms with Gasteiger partial charge in [-0.05, 0) is 31.4 Å². The fraction of sp³-hybridized carbons (Fsp3) is 0.381. The van der Waals surface area contributed by atoms with Crippen molar-refractivity contribution in [3.8, 4) is 11.4 Å². The van der Waals surface area contributed by atoms with Crippen LogP contribution in [0.25, 0.3) is 11.4 Å². The first-order chi connectivity index (χ1) is 15.6. The summed E-state index contributed by atoms with van der Waals surface area (Å²) in [5.74, 6) is -0.437. The van der Waals surface area contributed by atoms with Crippen LogP contribution in [0.4, 0.5) is 5.00 Å². The summed E-state index contributed by atoms with van der Waals surface area (Å²) in [5, 5.41) is 14.1. The minimum absolute atomic E-state index is 0.0397. The van der Waals surface area contributed by atoms with Crippen molar-refractivity contribution in [2.45, 2.75) is 38.8 Å². The van der Waals surface area contributed by atoms with Gasteiger partial charge in [0.2, 0.25) is 5.91 Å². The Kier molecular flexibility index (Phi) is 7.92. The summed E-state index contributed by atoms with van der Waals surface area (Å²) in [4.78, 5) is 38.2. The summed E-state index contributed by atoms with van der Waals surface area (Å²) < 4.78 is 6.91. The van der Waals surface area contributed by atoms with Gasteiger partial charge < -0.3 is 20.4 Å². The van der Waals surface area contributed by atoms with Crippen LogP contribution in [0.15, 0.2) is 16.6 Å². The predicted molar refractivity (Wildman–Crippen MR) is 131 cm³/mol. The number of thioether (sulfide) groups is 1. The summed E-state index contributed by atoms with van der Waals surface area (Å²) >= 11 is 3.86. The van der Waals surface area contributed by atoms with Gasteiger partial charge in [0, 0.05) is 22.9 Å². The zero-order valence-electron chi connectivity index (χ0n) is 18.9. The number of carbonyl (C=O) groups is 3. The van der Waals surface area contributed by atoms with Gasteiger partial charge in [-0.2, -0.15) is 0 Å². The molecule has 0 spiro atoms. The van der Waals surface area contributed by atoms with Gasteiger partial charge in [-0.3, -0.25) is 9.59 Å². The predicted octanol–water partition coefficient (Wildman–Crippen LogP) is 4.04. The molecule has 2 amide bonds. The molecule has 33 heavy (non-hydrogen) atoms. The first kappa shape index (κ1) is 24.9. The van der Waals surface area contributed by atoms with E-state index in [0.29, 0.717) is 16.6 Å². The summed E-state index contributed by atoms with van der Waals surface area (Å²) in [7, 11) is 1.85. The van der Waals surface area contributed by atoms with Gasteiger partial charge in [0.15, 0.2) is 11.0 Å². The Hall–Kier alpha value is -2.70. The first-order valence-corrected chi connectivity index (χ1v) is 12.8. The lowest BCUT2D eigenvalue weighted by Crippen LogP contribution is -2.17. The summed E-state index contributed by atoms with van der Waals surface area (Å²) in [5.41, 5.74) is 6.93. The zero-order chi connectivity index (χ0) is 24.3. The monoisotopic (exact) mass is 507 g/mol. The molecule has 0 saturated heterocycles. The average Bonchev–Trinajstić information content (AvgIpc) is 3.44. The van der Waals surface area contributed by atoms with Crippen molar-refractivity contribution in [3.05, 3.63) is 32.3 Å². The van der Waals surface area contributed by atoms with Gasteiger partial charge in [0.25, 0.3) is 5.91 Å². The molecule has 3 heterocycles. The maximum absolute atomic E-state index is 12.6. The third-order valence-corrected chi connectivity index (χ3v) is 8.19. The molecule has 0 aliphatic heterocycles. The third kappa shape index (κ3) is 5.45. The van der Waals surface area contributed by atoms with Crippen molar-refractivity contribution in [1.82, 2.24) is 14.8 Å². The Balaban J connectivity index is 1.72. The molecule has 9 nitrogen and oxygen atoms in total. The van der Waals surface area contributed by atoms with Gasteiger partial charge in [-0.25, -0.2) is 4.79 Å². The normalized spacial score (nSPS) is 11.1. The number of ether oxygens (including phenoxy) is 1. The standard InChI is InChI=1S/C21H25N5O4S3/c1-6-30-20(29)15-11(4)16(17(22)28)33-19(15)23-14(27)9-32-21-25-24-18(26(21)5)12-7-13(10(2)3)31-8-12/h7-8,10H,6,9H2,1-5H3,(H2,22,28)(H,23,27). The summed E-state index contributed by atoms with van der Waals surface area (Å²) in [6, 6.07) is 2.10. The summed E-state index contributed by atoms with van der Waals surface area (Å²) in [6.07, 6.45) is 0. The molecule has 3 N–H and O–H groups in total. The van der Waals surface area contributed by atoms with Crippen molar-refractivity contribution >= 4 is 57.2 Å². The van der Waals surface area contributed by atoms with Crippen molar-refractivity contribution in [2.24, 2.45) is 12.8 Å². The molecule has 3 aromatic rings. The largest absolute Gasteiger partial charge is 0.462 e. The molecule has 0 aliphatic carbocycles. The van der Waals surface area contributed by atoms with Crippen molar-refractivity contribution in [1.29, 1.82) is 0 Å². The Morgan fingerprint density at radius 1 is 1.30 bits per heavy atom. The molecule has 3 aromatic heterocycles. The van der Waals surface area contributed by atoms with Crippen LogP contribution in [0.5, 0.6) is 0 Å². The fourth-order valence-corrected chi connectivity index (χ4v) is 5.72. The maximum Gasteiger partial charge on any atom is 0.341 e. The van der Waals surface area contributed by atoms with Gasteiger partial charge in [-0.15, -0.1) is 32.9 Å². The molecular weight excluding hydrogens is 482 g/mol. The number of hydrogen-bond acceptors (Lipinski definition) is 9. The second kappa shape index (κ2) is 10.5. The molecule has 176 valence electrons. The number of nitrogens with one attached hydrogen (secondary N) is 1. The topological polar surface area (TPSA) is 129 Å². The van der Waals surface area contributed by atoms with E-state index in [9.17, 15) is 14.4 Å². The number of aromatic nitrogens is 3. The molecule has 0 unspecified atom stereocenters. The second-order valence-corrected chi connectivity index (χ2v) is 10.3. The molecule has 0 aromatic carbocycles. The van der Waals surface area contributed by atoms with E-state index in [1.54, 1.807) is 25.2 Å². The fourth-order valence-electron chi connectivity index (χ4n) is 3.04. The zero-order valence-corrected chi connectivity index (χ0v) is 21.4. The molecule has 0 saturated carbocycles. The van der Waals surface area contributed by atoms with E-state index in [1.807, 2.05) is 17.0 Å². The van der Waals surface area contributed by atoms with Gasteiger partial charge >= 0.3 is 5.97 Å². The van der Waals surface area contributed by atoms with Crippen LogP contribution < -0.4 is 11.1 Å². The molecular formula is C21H25N5O4S3. The van der Waals surface area contributed by atoms with Crippen molar-refractivity contribution < 1.29 is 19.1 Å². The van der Waals surface area contributed by atoms with Crippen LogP contribution in [-0.2, 0) is 16.6 Å². The van der Waals surface area contributed by atoms with Gasteiger partial charge in [-0.1, -0.05) is 25.6 Å². The molecule has 12 heteroatoms. The number of anilines is 1. The molecule has 0 atom stereocenters. The van der Waals surface area contributed by atoms with Crippen molar-refractivity contribution in [2.75, 3.05) is 17.7 Å². The average molecular weight is 508 g/mol. The van der Waals surface area contributed by atoms with Crippen LogP contribution in [0.1, 0.15) is 57.2 Å². The van der Waals surface area contributed by atoms with Crippen LogP contribution in [0, 0.1) is 6.92 Å². The SMILES string of the molecule is CCOC(=O)c1c(NC(=O)CSc2nnc(-c3csc(C(C)C)c3)n2C)sc(C(N)=O)c1C. The Labute approximate surface area is 203 Å². The minimum atomic E-state index is -0.668. The quantitative estimate of drug-likeness (QED) is 0.330. The highest BCUT2D eigenvalue weighted by atomic mass is 32.2. The lowest BCUT2D eigenvalue weighted by Gasteiger charge is -2.07. The third-order valence-electron chi connectivity index (χ3n) is 4.72. The Bertz CT molecular complexity index is 1190. The summed E-state index contributed by atoms with van der Waals surface area (Å²) in [6.45, 7) is 7.73. The molecule has 3 rings (SSSR count). The van der Waals surface area contributed by atoms with Crippen LogP contribution in [0.2, 0.25) is 0 Å². The number of nitrogens with zero attached hydrogens (tertiary/aromatic N) is 3. The number of carbonyl (C=O) groups excluding carboxylic acids is 3. The number of amides is 2. The molecule has 0 radical (unpaired) electrons. The lowest BCUT2D eigenvalue weighted by atomic mass is 10.1. The smallest absolute Gasteiger partial charge is 0.341 e. The molecule has 0 aliphatic rings.